The van der Waals surface area contributed by atoms with Crippen molar-refractivity contribution in [2.24, 2.45) is 0 Å². The van der Waals surface area contributed by atoms with Crippen LogP contribution in [-0.4, -0.2) is 20.6 Å². The van der Waals surface area contributed by atoms with Crippen molar-refractivity contribution >= 4 is 33.2 Å². The van der Waals surface area contributed by atoms with Gasteiger partial charge in [0, 0.05) is 17.1 Å². The van der Waals surface area contributed by atoms with Crippen LogP contribution in [0.5, 0.6) is 0 Å². The summed E-state index contributed by atoms with van der Waals surface area (Å²) in [5.74, 6) is -0.965. The fourth-order valence-corrected chi connectivity index (χ4v) is 2.92. The molecular weight excluding hydrogens is 355 g/mol. The lowest BCUT2D eigenvalue weighted by atomic mass is 10.1. The van der Waals surface area contributed by atoms with Crippen LogP contribution in [0.1, 0.15) is 11.1 Å². The van der Waals surface area contributed by atoms with Crippen molar-refractivity contribution in [3.63, 3.8) is 0 Å². The SMILES string of the molecule is CS(=O)(=O)Nc1ccccc1CNC(=O)Cc1c(F)cccc1Cl. The highest BCUT2D eigenvalue weighted by Gasteiger charge is 2.13. The molecule has 0 aromatic heterocycles. The van der Waals surface area contributed by atoms with Gasteiger partial charge in [0.2, 0.25) is 15.9 Å². The van der Waals surface area contributed by atoms with Crippen LogP contribution in [0.4, 0.5) is 10.1 Å². The summed E-state index contributed by atoms with van der Waals surface area (Å²) in [6.07, 6.45) is 0.843. The molecule has 0 fully saturated rings. The highest BCUT2D eigenvalue weighted by molar-refractivity contribution is 7.92. The normalized spacial score (nSPS) is 11.1. The Hall–Kier alpha value is -2.12. The molecule has 0 saturated heterocycles. The molecule has 5 nitrogen and oxygen atoms in total. The van der Waals surface area contributed by atoms with Crippen LogP contribution in [0.25, 0.3) is 0 Å². The molecule has 1 amide bonds. The van der Waals surface area contributed by atoms with Crippen molar-refractivity contribution in [3.8, 4) is 0 Å². The molecule has 128 valence electrons. The zero-order valence-corrected chi connectivity index (χ0v) is 14.4. The Labute approximate surface area is 144 Å². The van der Waals surface area contributed by atoms with Gasteiger partial charge in [-0.25, -0.2) is 12.8 Å². The Morgan fingerprint density at radius 2 is 1.88 bits per heavy atom. The molecule has 0 aliphatic rings. The van der Waals surface area contributed by atoms with Crippen LogP contribution in [0.3, 0.4) is 0 Å². The van der Waals surface area contributed by atoms with E-state index >= 15 is 0 Å². The number of rotatable bonds is 6. The number of para-hydroxylation sites is 1. The molecule has 24 heavy (non-hydrogen) atoms. The minimum absolute atomic E-state index is 0.101. The summed E-state index contributed by atoms with van der Waals surface area (Å²) in [5.41, 5.74) is 1.10. The predicted octanol–water partition coefficient (Wildman–Crippen LogP) is 2.71. The average Bonchev–Trinajstić information content (AvgIpc) is 2.49. The molecule has 0 atom stereocenters. The van der Waals surface area contributed by atoms with E-state index in [1.165, 1.54) is 18.2 Å². The molecule has 0 aliphatic carbocycles. The summed E-state index contributed by atoms with van der Waals surface area (Å²) in [6, 6.07) is 10.9. The molecule has 0 saturated carbocycles. The van der Waals surface area contributed by atoms with E-state index in [-0.39, 0.29) is 23.6 Å². The van der Waals surface area contributed by atoms with Crippen molar-refractivity contribution in [2.75, 3.05) is 11.0 Å². The van der Waals surface area contributed by atoms with Gasteiger partial charge in [0.15, 0.2) is 0 Å². The Balaban J connectivity index is 2.05. The maximum atomic E-state index is 13.7. The van der Waals surface area contributed by atoms with Crippen LogP contribution in [0.2, 0.25) is 5.02 Å². The highest BCUT2D eigenvalue weighted by Crippen LogP contribution is 2.20. The zero-order valence-electron chi connectivity index (χ0n) is 12.8. The number of carbonyl (C=O) groups excluding carboxylic acids is 1. The molecule has 0 aliphatic heterocycles. The lowest BCUT2D eigenvalue weighted by Gasteiger charge is -2.12. The third-order valence-corrected chi connectivity index (χ3v) is 4.13. The molecule has 0 spiro atoms. The Morgan fingerprint density at radius 1 is 1.17 bits per heavy atom. The van der Waals surface area contributed by atoms with Crippen LogP contribution >= 0.6 is 11.6 Å². The van der Waals surface area contributed by atoms with Crippen LogP contribution in [0, 0.1) is 5.82 Å². The lowest BCUT2D eigenvalue weighted by molar-refractivity contribution is -0.120. The van der Waals surface area contributed by atoms with Crippen molar-refractivity contribution in [3.05, 3.63) is 64.4 Å². The zero-order chi connectivity index (χ0) is 17.7. The second-order valence-corrected chi connectivity index (χ2v) is 7.34. The number of hydrogen-bond acceptors (Lipinski definition) is 3. The quantitative estimate of drug-likeness (QED) is 0.821. The fourth-order valence-electron chi connectivity index (χ4n) is 2.09. The van der Waals surface area contributed by atoms with Crippen LogP contribution in [0.15, 0.2) is 42.5 Å². The number of halogens is 2. The number of benzene rings is 2. The van der Waals surface area contributed by atoms with Gasteiger partial charge in [0.1, 0.15) is 5.82 Å². The fraction of sp³-hybridized carbons (Fsp3) is 0.188. The van der Waals surface area contributed by atoms with E-state index in [2.05, 4.69) is 10.0 Å². The van der Waals surface area contributed by atoms with Gasteiger partial charge in [0.25, 0.3) is 0 Å². The third kappa shape index (κ3) is 5.21. The molecule has 2 aromatic carbocycles. The highest BCUT2D eigenvalue weighted by atomic mass is 35.5. The average molecular weight is 371 g/mol. The second-order valence-electron chi connectivity index (χ2n) is 5.19. The first kappa shape index (κ1) is 18.2. The Bertz CT molecular complexity index is 836. The molecule has 8 heteroatoms. The summed E-state index contributed by atoms with van der Waals surface area (Å²) in [6.45, 7) is 0.101. The van der Waals surface area contributed by atoms with Gasteiger partial charge >= 0.3 is 0 Å². The van der Waals surface area contributed by atoms with Gasteiger partial charge in [0.05, 0.1) is 18.4 Å². The summed E-state index contributed by atoms with van der Waals surface area (Å²) in [5, 5.41) is 2.81. The van der Waals surface area contributed by atoms with E-state index < -0.39 is 21.7 Å². The predicted molar refractivity (Wildman–Crippen MR) is 91.9 cm³/mol. The smallest absolute Gasteiger partial charge is 0.229 e. The summed E-state index contributed by atoms with van der Waals surface area (Å²) < 4.78 is 38.8. The van der Waals surface area contributed by atoms with Gasteiger partial charge in [-0.3, -0.25) is 9.52 Å². The maximum absolute atomic E-state index is 13.7. The third-order valence-electron chi connectivity index (χ3n) is 3.19. The molecule has 0 bridgehead atoms. The van der Waals surface area contributed by atoms with E-state index in [1.807, 2.05) is 0 Å². The topological polar surface area (TPSA) is 75.3 Å². The number of nitrogens with one attached hydrogen (secondary N) is 2. The van der Waals surface area contributed by atoms with Crippen molar-refractivity contribution < 1.29 is 17.6 Å². The van der Waals surface area contributed by atoms with E-state index in [4.69, 9.17) is 11.6 Å². The lowest BCUT2D eigenvalue weighted by Crippen LogP contribution is -2.25. The standard InChI is InChI=1S/C16H16ClFN2O3S/c1-24(22,23)20-15-8-3-2-5-11(15)10-19-16(21)9-12-13(17)6-4-7-14(12)18/h2-8,20H,9-10H2,1H3,(H,19,21). The first-order valence-electron chi connectivity index (χ1n) is 7.01. The first-order chi connectivity index (χ1) is 11.3. The minimum atomic E-state index is -3.43. The number of anilines is 1. The summed E-state index contributed by atoms with van der Waals surface area (Å²) >= 11 is 5.89. The Kier molecular flexibility index (Phi) is 5.80. The van der Waals surface area contributed by atoms with Crippen molar-refractivity contribution in [2.45, 2.75) is 13.0 Å². The Morgan fingerprint density at radius 3 is 2.54 bits per heavy atom. The molecule has 0 heterocycles. The van der Waals surface area contributed by atoms with Crippen molar-refractivity contribution in [1.29, 1.82) is 0 Å². The largest absolute Gasteiger partial charge is 0.352 e. The maximum Gasteiger partial charge on any atom is 0.229 e. The monoisotopic (exact) mass is 370 g/mol. The first-order valence-corrected chi connectivity index (χ1v) is 9.28. The molecule has 2 N–H and O–H groups in total. The molecule has 0 radical (unpaired) electrons. The molecule has 2 aromatic rings. The number of hydrogen-bond donors (Lipinski definition) is 2. The molecular formula is C16H16ClFN2O3S. The van der Waals surface area contributed by atoms with Gasteiger partial charge in [-0.2, -0.15) is 0 Å². The van der Waals surface area contributed by atoms with Gasteiger partial charge in [-0.1, -0.05) is 35.9 Å². The van der Waals surface area contributed by atoms with E-state index in [0.29, 0.717) is 11.3 Å². The summed E-state index contributed by atoms with van der Waals surface area (Å²) in [7, 11) is -3.43. The van der Waals surface area contributed by atoms with E-state index in [9.17, 15) is 17.6 Å². The van der Waals surface area contributed by atoms with Crippen LogP contribution < -0.4 is 10.0 Å². The number of carbonyl (C=O) groups is 1. The summed E-state index contributed by atoms with van der Waals surface area (Å²) in [4.78, 5) is 12.0. The van der Waals surface area contributed by atoms with Gasteiger partial charge < -0.3 is 5.32 Å². The number of amides is 1. The van der Waals surface area contributed by atoms with Crippen molar-refractivity contribution in [1.82, 2.24) is 5.32 Å². The molecule has 2 rings (SSSR count). The van der Waals surface area contributed by atoms with E-state index in [0.717, 1.165) is 6.26 Å². The van der Waals surface area contributed by atoms with Gasteiger partial charge in [-0.05, 0) is 23.8 Å². The van der Waals surface area contributed by atoms with E-state index in [1.54, 1.807) is 24.3 Å². The second kappa shape index (κ2) is 7.63. The molecule has 0 unspecified atom stereocenters. The number of sulfonamides is 1. The van der Waals surface area contributed by atoms with Gasteiger partial charge in [-0.15, -0.1) is 0 Å². The van der Waals surface area contributed by atoms with Crippen LogP contribution in [-0.2, 0) is 27.8 Å². The minimum Gasteiger partial charge on any atom is -0.352 e.